The van der Waals surface area contributed by atoms with Gasteiger partial charge in [-0.25, -0.2) is 4.68 Å². The zero-order valence-corrected chi connectivity index (χ0v) is 9.40. The molecule has 0 aliphatic heterocycles. The molecule has 16 heavy (non-hydrogen) atoms. The topological polar surface area (TPSA) is 70.7 Å². The Morgan fingerprint density at radius 2 is 2.38 bits per heavy atom. The highest BCUT2D eigenvalue weighted by Gasteiger charge is 2.50. The van der Waals surface area contributed by atoms with Gasteiger partial charge in [-0.05, 0) is 26.7 Å². The van der Waals surface area contributed by atoms with E-state index in [0.717, 1.165) is 0 Å². The van der Waals surface area contributed by atoms with E-state index >= 15 is 0 Å². The summed E-state index contributed by atoms with van der Waals surface area (Å²) in [6.07, 6.45) is 2.96. The lowest BCUT2D eigenvalue weighted by Gasteiger charge is -2.13. The van der Waals surface area contributed by atoms with Gasteiger partial charge in [0.05, 0.1) is 12.3 Å². The second kappa shape index (κ2) is 3.63. The number of nitriles is 1. The summed E-state index contributed by atoms with van der Waals surface area (Å²) in [5, 5.41) is 15.8. The second-order valence-corrected chi connectivity index (χ2v) is 4.40. The molecule has 1 amide bonds. The third-order valence-corrected chi connectivity index (χ3v) is 2.80. The molecule has 0 atom stereocenters. The minimum absolute atomic E-state index is 0.183. The summed E-state index contributed by atoms with van der Waals surface area (Å²) in [4.78, 5) is 11.8. The Balaban J connectivity index is 2.13. The van der Waals surface area contributed by atoms with Crippen molar-refractivity contribution in [2.45, 2.75) is 32.7 Å². The van der Waals surface area contributed by atoms with Gasteiger partial charge >= 0.3 is 0 Å². The van der Waals surface area contributed by atoms with Crippen molar-refractivity contribution in [2.24, 2.45) is 5.41 Å². The van der Waals surface area contributed by atoms with Crippen molar-refractivity contribution < 1.29 is 4.79 Å². The van der Waals surface area contributed by atoms with Crippen molar-refractivity contribution in [3.05, 3.63) is 12.3 Å². The molecule has 1 aliphatic carbocycles. The fraction of sp³-hybridized carbons (Fsp3) is 0.545. The number of carbonyl (C=O) groups is 1. The largest absolute Gasteiger partial charge is 0.310 e. The Kier molecular flexibility index (Phi) is 2.43. The number of anilines is 1. The number of aromatic nitrogens is 2. The molecule has 0 saturated heterocycles. The summed E-state index contributed by atoms with van der Waals surface area (Å²) in [7, 11) is 0. The fourth-order valence-electron chi connectivity index (χ4n) is 1.58. The summed E-state index contributed by atoms with van der Waals surface area (Å²) in [6, 6.07) is 4.00. The molecule has 5 nitrogen and oxygen atoms in total. The van der Waals surface area contributed by atoms with Crippen LogP contribution in [0.15, 0.2) is 12.3 Å². The average molecular weight is 218 g/mol. The van der Waals surface area contributed by atoms with Gasteiger partial charge in [-0.2, -0.15) is 10.4 Å². The highest BCUT2D eigenvalue weighted by atomic mass is 16.2. The van der Waals surface area contributed by atoms with Gasteiger partial charge < -0.3 is 5.32 Å². The van der Waals surface area contributed by atoms with Gasteiger partial charge in [0, 0.05) is 12.1 Å². The maximum absolute atomic E-state index is 11.8. The van der Waals surface area contributed by atoms with E-state index < -0.39 is 5.41 Å². The zero-order valence-electron chi connectivity index (χ0n) is 9.40. The molecule has 0 radical (unpaired) electrons. The van der Waals surface area contributed by atoms with Gasteiger partial charge in [0.25, 0.3) is 0 Å². The van der Waals surface area contributed by atoms with Gasteiger partial charge in [0.15, 0.2) is 0 Å². The molecule has 0 aromatic carbocycles. The van der Waals surface area contributed by atoms with Gasteiger partial charge in [-0.15, -0.1) is 0 Å². The monoisotopic (exact) mass is 218 g/mol. The smallest absolute Gasteiger partial charge is 0.245 e. The number of carbonyl (C=O) groups excluding carboxylic acids is 1. The normalized spacial score (nSPS) is 16.9. The SMILES string of the molecule is CC(C)n1nccc1NC(=O)C1(C#N)CC1. The maximum atomic E-state index is 11.8. The van der Waals surface area contributed by atoms with Crippen LogP contribution in [0.1, 0.15) is 32.7 Å². The van der Waals surface area contributed by atoms with E-state index in [1.165, 1.54) is 0 Å². The van der Waals surface area contributed by atoms with Crippen LogP contribution in [0.4, 0.5) is 5.82 Å². The van der Waals surface area contributed by atoms with Gasteiger partial charge in [-0.1, -0.05) is 0 Å². The standard InChI is InChI=1S/C11H14N4O/c1-8(2)15-9(3-6-13-15)14-10(16)11(7-12)4-5-11/h3,6,8H,4-5H2,1-2H3,(H,14,16). The van der Waals surface area contributed by atoms with E-state index in [1.807, 2.05) is 13.8 Å². The van der Waals surface area contributed by atoms with Crippen molar-refractivity contribution in [2.75, 3.05) is 5.32 Å². The molecule has 1 heterocycles. The maximum Gasteiger partial charge on any atom is 0.245 e. The fourth-order valence-corrected chi connectivity index (χ4v) is 1.58. The Bertz CT molecular complexity index is 451. The van der Waals surface area contributed by atoms with Crippen molar-refractivity contribution >= 4 is 11.7 Å². The van der Waals surface area contributed by atoms with Gasteiger partial charge in [0.1, 0.15) is 11.2 Å². The molecule has 1 aromatic heterocycles. The van der Waals surface area contributed by atoms with Crippen LogP contribution in [0, 0.1) is 16.7 Å². The van der Waals surface area contributed by atoms with Crippen molar-refractivity contribution in [1.29, 1.82) is 5.26 Å². The summed E-state index contributed by atoms with van der Waals surface area (Å²) >= 11 is 0. The van der Waals surface area contributed by atoms with E-state index in [2.05, 4.69) is 16.5 Å². The number of nitrogens with zero attached hydrogens (tertiary/aromatic N) is 3. The minimum atomic E-state index is -0.786. The molecule has 1 N–H and O–H groups in total. The van der Waals surface area contributed by atoms with E-state index in [9.17, 15) is 4.79 Å². The Morgan fingerprint density at radius 3 is 2.88 bits per heavy atom. The number of rotatable bonds is 3. The summed E-state index contributed by atoms with van der Waals surface area (Å²) < 4.78 is 1.73. The van der Waals surface area contributed by atoms with Crippen LogP contribution < -0.4 is 5.32 Å². The van der Waals surface area contributed by atoms with Crippen molar-refractivity contribution in [3.63, 3.8) is 0 Å². The number of nitrogens with one attached hydrogen (secondary N) is 1. The quantitative estimate of drug-likeness (QED) is 0.839. The molecule has 0 bridgehead atoms. The minimum Gasteiger partial charge on any atom is -0.310 e. The molecule has 1 fully saturated rings. The van der Waals surface area contributed by atoms with E-state index in [4.69, 9.17) is 5.26 Å². The van der Waals surface area contributed by atoms with Crippen molar-refractivity contribution in [1.82, 2.24) is 9.78 Å². The molecule has 1 aliphatic rings. The van der Waals surface area contributed by atoms with Crippen LogP contribution in [0.5, 0.6) is 0 Å². The number of hydrogen-bond acceptors (Lipinski definition) is 3. The van der Waals surface area contributed by atoms with Crippen molar-refractivity contribution in [3.8, 4) is 6.07 Å². The summed E-state index contributed by atoms with van der Waals surface area (Å²) in [5.74, 6) is 0.443. The lowest BCUT2D eigenvalue weighted by atomic mass is 10.1. The molecule has 84 valence electrons. The van der Waals surface area contributed by atoms with Crippen LogP contribution in [0.2, 0.25) is 0 Å². The summed E-state index contributed by atoms with van der Waals surface area (Å²) in [5.41, 5.74) is -0.786. The highest BCUT2D eigenvalue weighted by molar-refractivity contribution is 5.98. The Labute approximate surface area is 94.1 Å². The highest BCUT2D eigenvalue weighted by Crippen LogP contribution is 2.45. The molecule has 1 aromatic rings. The number of hydrogen-bond donors (Lipinski definition) is 1. The summed E-state index contributed by atoms with van der Waals surface area (Å²) in [6.45, 7) is 3.97. The molecule has 0 unspecified atom stereocenters. The molecule has 0 spiro atoms. The van der Waals surface area contributed by atoms with E-state index in [-0.39, 0.29) is 11.9 Å². The van der Waals surface area contributed by atoms with E-state index in [0.29, 0.717) is 18.7 Å². The lowest BCUT2D eigenvalue weighted by molar-refractivity contribution is -0.119. The zero-order chi connectivity index (χ0) is 11.8. The van der Waals surface area contributed by atoms with E-state index in [1.54, 1.807) is 16.9 Å². The van der Waals surface area contributed by atoms with Gasteiger partial charge in [0.2, 0.25) is 5.91 Å². The first-order valence-corrected chi connectivity index (χ1v) is 5.35. The first-order chi connectivity index (χ1) is 7.59. The lowest BCUT2D eigenvalue weighted by Crippen LogP contribution is -2.24. The van der Waals surface area contributed by atoms with Crippen LogP contribution >= 0.6 is 0 Å². The molecule has 5 heteroatoms. The molecule has 1 saturated carbocycles. The first-order valence-electron chi connectivity index (χ1n) is 5.35. The third-order valence-electron chi connectivity index (χ3n) is 2.80. The average Bonchev–Trinajstić information content (AvgIpc) is 2.92. The third kappa shape index (κ3) is 1.67. The molecular formula is C11H14N4O. The predicted molar refractivity (Wildman–Crippen MR) is 58.5 cm³/mol. The molecule has 2 rings (SSSR count). The van der Waals surface area contributed by atoms with Gasteiger partial charge in [-0.3, -0.25) is 4.79 Å². The second-order valence-electron chi connectivity index (χ2n) is 4.40. The predicted octanol–water partition coefficient (Wildman–Crippen LogP) is 1.71. The Morgan fingerprint density at radius 1 is 1.69 bits per heavy atom. The van der Waals surface area contributed by atoms with Crippen LogP contribution in [0.3, 0.4) is 0 Å². The molecular weight excluding hydrogens is 204 g/mol. The Hall–Kier alpha value is -1.83. The van der Waals surface area contributed by atoms with Crippen LogP contribution in [-0.4, -0.2) is 15.7 Å². The number of amides is 1. The van der Waals surface area contributed by atoms with Crippen LogP contribution in [0.25, 0.3) is 0 Å². The van der Waals surface area contributed by atoms with Crippen LogP contribution in [-0.2, 0) is 4.79 Å². The first kappa shape index (κ1) is 10.7.